The molecule has 1 N–H and O–H groups in total. The smallest absolute Gasteiger partial charge is 0.305 e. The van der Waals surface area contributed by atoms with E-state index < -0.39 is 0 Å². The minimum atomic E-state index is -0.101. The van der Waals surface area contributed by atoms with Gasteiger partial charge in [-0.15, -0.1) is 0 Å². The summed E-state index contributed by atoms with van der Waals surface area (Å²) in [5.41, 5.74) is 0. The molecule has 4 heteroatoms. The highest BCUT2D eigenvalue weighted by molar-refractivity contribution is 5.69. The van der Waals surface area contributed by atoms with Crippen LogP contribution < -0.4 is 5.32 Å². The molecule has 0 spiro atoms. The number of nitrogens with one attached hydrogen (secondary N) is 1. The van der Waals surface area contributed by atoms with Gasteiger partial charge >= 0.3 is 5.97 Å². The predicted molar refractivity (Wildman–Crippen MR) is 62.2 cm³/mol. The number of esters is 1. The van der Waals surface area contributed by atoms with Crippen LogP contribution in [0.3, 0.4) is 0 Å². The maximum atomic E-state index is 10.9. The third kappa shape index (κ3) is 2.95. The second-order valence-electron chi connectivity index (χ2n) is 4.88. The van der Waals surface area contributed by atoms with Crippen LogP contribution in [-0.4, -0.2) is 50.2 Å². The number of ether oxygens (including phenoxy) is 1. The summed E-state index contributed by atoms with van der Waals surface area (Å²) in [5, 5.41) is 3.58. The number of nitrogens with zero attached hydrogens (tertiary/aromatic N) is 1. The van der Waals surface area contributed by atoms with Crippen molar-refractivity contribution in [3.8, 4) is 0 Å². The molecule has 3 heterocycles. The third-order valence-electron chi connectivity index (χ3n) is 3.85. The average molecular weight is 226 g/mol. The van der Waals surface area contributed by atoms with Crippen molar-refractivity contribution in [1.82, 2.24) is 10.2 Å². The predicted octanol–water partition coefficient (Wildman–Crippen LogP) is 0.623. The lowest BCUT2D eigenvalue weighted by Crippen LogP contribution is -2.56. The van der Waals surface area contributed by atoms with E-state index in [1.165, 1.54) is 39.6 Å². The first-order chi connectivity index (χ1) is 7.79. The second-order valence-corrected chi connectivity index (χ2v) is 4.88. The highest BCUT2D eigenvalue weighted by Crippen LogP contribution is 2.27. The fourth-order valence-electron chi connectivity index (χ4n) is 2.82. The number of carbonyl (C=O) groups excluding carboxylic acids is 1. The van der Waals surface area contributed by atoms with Crippen LogP contribution in [0.2, 0.25) is 0 Å². The van der Waals surface area contributed by atoms with E-state index in [1.54, 1.807) is 0 Å². The first-order valence-corrected chi connectivity index (χ1v) is 6.32. The zero-order valence-electron chi connectivity index (χ0n) is 10.1. The molecule has 0 aromatic rings. The fraction of sp³-hybridized carbons (Fsp3) is 0.917. The Balaban J connectivity index is 1.61. The van der Waals surface area contributed by atoms with E-state index >= 15 is 0 Å². The number of rotatable bonds is 5. The minimum absolute atomic E-state index is 0.101. The Bertz CT molecular complexity index is 237. The molecule has 0 radical (unpaired) electrons. The normalized spacial score (nSPS) is 32.7. The average Bonchev–Trinajstić information content (AvgIpc) is 2.36. The first kappa shape index (κ1) is 11.9. The van der Waals surface area contributed by atoms with Gasteiger partial charge in [-0.1, -0.05) is 0 Å². The Labute approximate surface area is 97.3 Å². The molecule has 0 aromatic carbocycles. The van der Waals surface area contributed by atoms with Gasteiger partial charge in [0.2, 0.25) is 0 Å². The van der Waals surface area contributed by atoms with Crippen molar-refractivity contribution in [3.63, 3.8) is 0 Å². The molecule has 0 amide bonds. The Hall–Kier alpha value is -0.610. The molecule has 16 heavy (non-hydrogen) atoms. The fourth-order valence-corrected chi connectivity index (χ4v) is 2.82. The van der Waals surface area contributed by atoms with E-state index in [1.807, 2.05) is 0 Å². The van der Waals surface area contributed by atoms with Crippen molar-refractivity contribution in [2.75, 3.05) is 33.3 Å². The standard InChI is InChI=1S/C12H22N2O2/c1-16-12(15)3-2-6-13-11-9-14-7-4-10(11)5-8-14/h10-11,13H,2-9H2,1H3. The van der Waals surface area contributed by atoms with Gasteiger partial charge in [0.15, 0.2) is 0 Å². The molecule has 2 bridgehead atoms. The maximum absolute atomic E-state index is 10.9. The molecule has 3 aliphatic heterocycles. The minimum Gasteiger partial charge on any atom is -0.469 e. The van der Waals surface area contributed by atoms with Crippen LogP contribution in [0.1, 0.15) is 25.7 Å². The van der Waals surface area contributed by atoms with Gasteiger partial charge in [-0.3, -0.25) is 4.79 Å². The Morgan fingerprint density at radius 1 is 1.44 bits per heavy atom. The van der Waals surface area contributed by atoms with E-state index in [9.17, 15) is 4.79 Å². The summed E-state index contributed by atoms with van der Waals surface area (Å²) in [4.78, 5) is 13.5. The molecule has 1 atom stereocenters. The number of methoxy groups -OCH3 is 1. The number of hydrogen-bond donors (Lipinski definition) is 1. The van der Waals surface area contributed by atoms with E-state index in [4.69, 9.17) is 0 Å². The Kier molecular flexibility index (Phi) is 4.18. The van der Waals surface area contributed by atoms with Gasteiger partial charge in [-0.25, -0.2) is 0 Å². The lowest BCUT2D eigenvalue weighted by molar-refractivity contribution is -0.140. The highest BCUT2D eigenvalue weighted by atomic mass is 16.5. The van der Waals surface area contributed by atoms with E-state index in [-0.39, 0.29) is 5.97 Å². The van der Waals surface area contributed by atoms with Crippen LogP contribution in [0.5, 0.6) is 0 Å². The van der Waals surface area contributed by atoms with E-state index in [2.05, 4.69) is 15.0 Å². The molecule has 4 nitrogen and oxygen atoms in total. The molecule has 1 unspecified atom stereocenters. The molecule has 0 saturated carbocycles. The van der Waals surface area contributed by atoms with Gasteiger partial charge < -0.3 is 15.0 Å². The Morgan fingerprint density at radius 2 is 2.19 bits per heavy atom. The summed E-state index contributed by atoms with van der Waals surface area (Å²) in [7, 11) is 1.45. The molecule has 3 fully saturated rings. The van der Waals surface area contributed by atoms with Gasteiger partial charge in [0, 0.05) is 19.0 Å². The first-order valence-electron chi connectivity index (χ1n) is 6.32. The molecule has 0 aromatic heterocycles. The van der Waals surface area contributed by atoms with Crippen LogP contribution in [-0.2, 0) is 9.53 Å². The summed E-state index contributed by atoms with van der Waals surface area (Å²) < 4.78 is 4.62. The number of hydrogen-bond acceptors (Lipinski definition) is 4. The Morgan fingerprint density at radius 3 is 2.75 bits per heavy atom. The van der Waals surface area contributed by atoms with Gasteiger partial charge in [-0.2, -0.15) is 0 Å². The van der Waals surface area contributed by atoms with Gasteiger partial charge in [0.25, 0.3) is 0 Å². The van der Waals surface area contributed by atoms with E-state index in [0.717, 1.165) is 18.9 Å². The van der Waals surface area contributed by atoms with Crippen LogP contribution >= 0.6 is 0 Å². The van der Waals surface area contributed by atoms with Gasteiger partial charge in [0.1, 0.15) is 0 Å². The van der Waals surface area contributed by atoms with Gasteiger partial charge in [-0.05, 0) is 44.8 Å². The second kappa shape index (κ2) is 5.64. The summed E-state index contributed by atoms with van der Waals surface area (Å²) in [6.45, 7) is 4.70. The summed E-state index contributed by atoms with van der Waals surface area (Å²) in [5.74, 6) is 0.763. The topological polar surface area (TPSA) is 41.6 Å². The van der Waals surface area contributed by atoms with Crippen LogP contribution in [0.15, 0.2) is 0 Å². The molecular weight excluding hydrogens is 204 g/mol. The quantitative estimate of drug-likeness (QED) is 0.551. The highest BCUT2D eigenvalue weighted by Gasteiger charge is 2.33. The summed E-state index contributed by atoms with van der Waals surface area (Å²) in [6.07, 6.45) is 4.10. The lowest BCUT2D eigenvalue weighted by Gasteiger charge is -2.45. The van der Waals surface area contributed by atoms with E-state index in [0.29, 0.717) is 12.5 Å². The number of fused-ring (bicyclic) bond motifs is 3. The van der Waals surface area contributed by atoms with Crippen LogP contribution in [0.4, 0.5) is 0 Å². The zero-order valence-corrected chi connectivity index (χ0v) is 10.1. The van der Waals surface area contributed by atoms with Crippen LogP contribution in [0, 0.1) is 5.92 Å². The molecule has 3 aliphatic rings. The van der Waals surface area contributed by atoms with Crippen molar-refractivity contribution < 1.29 is 9.53 Å². The van der Waals surface area contributed by atoms with Crippen molar-refractivity contribution in [2.45, 2.75) is 31.7 Å². The van der Waals surface area contributed by atoms with Gasteiger partial charge in [0.05, 0.1) is 7.11 Å². The zero-order chi connectivity index (χ0) is 11.4. The van der Waals surface area contributed by atoms with Crippen molar-refractivity contribution in [3.05, 3.63) is 0 Å². The van der Waals surface area contributed by atoms with Crippen molar-refractivity contribution in [2.24, 2.45) is 5.92 Å². The van der Waals surface area contributed by atoms with Crippen LogP contribution in [0.25, 0.3) is 0 Å². The molecule has 3 saturated heterocycles. The number of piperidine rings is 3. The summed E-state index contributed by atoms with van der Waals surface area (Å²) in [6, 6.07) is 0.653. The van der Waals surface area contributed by atoms with Crippen molar-refractivity contribution in [1.29, 1.82) is 0 Å². The molecular formula is C12H22N2O2. The van der Waals surface area contributed by atoms with Crippen molar-refractivity contribution >= 4 is 5.97 Å². The third-order valence-corrected chi connectivity index (χ3v) is 3.85. The SMILES string of the molecule is COC(=O)CCCNC1CN2CCC1CC2. The molecule has 0 aliphatic carbocycles. The lowest BCUT2D eigenvalue weighted by atomic mass is 9.84. The molecule has 3 rings (SSSR count). The summed E-state index contributed by atoms with van der Waals surface area (Å²) >= 11 is 0. The molecule has 92 valence electrons. The number of carbonyl (C=O) groups is 1. The monoisotopic (exact) mass is 226 g/mol. The largest absolute Gasteiger partial charge is 0.469 e. The maximum Gasteiger partial charge on any atom is 0.305 e.